The van der Waals surface area contributed by atoms with Crippen LogP contribution < -0.4 is 4.74 Å². The molecule has 1 aromatic carbocycles. The molecule has 0 aliphatic rings. The van der Waals surface area contributed by atoms with Gasteiger partial charge < -0.3 is 18.4 Å². The van der Waals surface area contributed by atoms with E-state index in [0.29, 0.717) is 21.9 Å². The minimum atomic E-state index is -4.44. The number of ether oxygens (including phenoxy) is 3. The van der Waals surface area contributed by atoms with E-state index >= 15 is 0 Å². The minimum absolute atomic E-state index is 0.0147. The maximum atomic E-state index is 12.4. The third-order valence-corrected chi connectivity index (χ3v) is 4.94. The zero-order chi connectivity index (χ0) is 24.0. The summed E-state index contributed by atoms with van der Waals surface area (Å²) in [5.41, 5.74) is 2.25. The summed E-state index contributed by atoms with van der Waals surface area (Å²) in [5, 5.41) is 0.413. The van der Waals surface area contributed by atoms with Gasteiger partial charge in [-0.05, 0) is 39.0 Å². The van der Waals surface area contributed by atoms with Crippen LogP contribution in [0.4, 0.5) is 18.0 Å². The van der Waals surface area contributed by atoms with Gasteiger partial charge in [-0.2, -0.15) is 13.2 Å². The van der Waals surface area contributed by atoms with Crippen molar-refractivity contribution in [3.8, 4) is 5.75 Å². The van der Waals surface area contributed by atoms with Gasteiger partial charge in [0.15, 0.2) is 18.5 Å². The van der Waals surface area contributed by atoms with E-state index in [1.165, 1.54) is 12.3 Å². The zero-order valence-electron chi connectivity index (χ0n) is 18.1. The second-order valence-corrected chi connectivity index (χ2v) is 7.90. The number of hydrogen-bond donors (Lipinski definition) is 0. The van der Waals surface area contributed by atoms with Crippen LogP contribution in [0.3, 0.4) is 0 Å². The van der Waals surface area contributed by atoms with Crippen LogP contribution in [-0.2, 0) is 27.0 Å². The molecule has 0 aliphatic carbocycles. The summed E-state index contributed by atoms with van der Waals surface area (Å²) >= 11 is 0.924. The Balaban J connectivity index is 1.68. The average molecular weight is 485 g/mol. The highest BCUT2D eigenvalue weighted by Crippen LogP contribution is 2.28. The van der Waals surface area contributed by atoms with Crippen LogP contribution in [-0.4, -0.2) is 39.6 Å². The van der Waals surface area contributed by atoms with Crippen LogP contribution >= 0.6 is 12.0 Å². The van der Waals surface area contributed by atoms with Crippen LogP contribution in [0.15, 0.2) is 41.7 Å². The number of imidazole rings is 1. The molecule has 0 amide bonds. The molecule has 33 heavy (non-hydrogen) atoms. The Labute approximate surface area is 192 Å². The van der Waals surface area contributed by atoms with Crippen molar-refractivity contribution in [2.75, 3.05) is 6.61 Å². The highest BCUT2D eigenvalue weighted by Gasteiger charge is 2.29. The Morgan fingerprint density at radius 1 is 1.21 bits per heavy atom. The van der Waals surface area contributed by atoms with Crippen molar-refractivity contribution in [2.24, 2.45) is 0 Å². The third-order valence-electron chi connectivity index (χ3n) is 4.24. The Kier molecular flexibility index (Phi) is 8.03. The van der Waals surface area contributed by atoms with Gasteiger partial charge in [0.05, 0.1) is 34.9 Å². The molecule has 0 N–H and O–H groups in total. The number of hydrogen-bond acceptors (Lipinski definition) is 8. The largest absolute Gasteiger partial charge is 0.510 e. The standard InChI is InChI=1S/C21H22F3N3O5S/c1-13(2)32-20(28)30-12-27-17-7-5-4-6-15(17)26-19(27)33-31-10-16-14(3)18(8-9-25-16)29-11-21(22,23)24/h4-9,13H,10-12H2,1-3H3. The van der Waals surface area contributed by atoms with E-state index in [4.69, 9.17) is 18.4 Å². The summed E-state index contributed by atoms with van der Waals surface area (Å²) in [5.74, 6) is 0.0789. The molecular weight excluding hydrogens is 463 g/mol. The quantitative estimate of drug-likeness (QED) is 0.293. The van der Waals surface area contributed by atoms with Crippen molar-refractivity contribution in [3.05, 3.63) is 47.8 Å². The van der Waals surface area contributed by atoms with Gasteiger partial charge in [-0.3, -0.25) is 9.55 Å². The van der Waals surface area contributed by atoms with E-state index in [1.807, 2.05) is 18.2 Å². The summed E-state index contributed by atoms with van der Waals surface area (Å²) in [7, 11) is 0. The number of halogens is 3. The van der Waals surface area contributed by atoms with E-state index in [9.17, 15) is 18.0 Å². The van der Waals surface area contributed by atoms with Gasteiger partial charge in [-0.1, -0.05) is 12.1 Å². The van der Waals surface area contributed by atoms with E-state index in [2.05, 4.69) is 9.97 Å². The highest BCUT2D eigenvalue weighted by molar-refractivity contribution is 7.94. The lowest BCUT2D eigenvalue weighted by atomic mass is 10.2. The zero-order valence-corrected chi connectivity index (χ0v) is 18.9. The number of pyridine rings is 1. The maximum Gasteiger partial charge on any atom is 0.510 e. The van der Waals surface area contributed by atoms with Crippen LogP contribution in [0, 0.1) is 6.92 Å². The van der Waals surface area contributed by atoms with E-state index in [-0.39, 0.29) is 25.2 Å². The van der Waals surface area contributed by atoms with Crippen molar-refractivity contribution in [1.82, 2.24) is 14.5 Å². The molecule has 0 spiro atoms. The maximum absolute atomic E-state index is 12.4. The smallest absolute Gasteiger partial charge is 0.484 e. The number of carbonyl (C=O) groups is 1. The normalized spacial score (nSPS) is 11.7. The lowest BCUT2D eigenvalue weighted by Crippen LogP contribution is -2.19. The van der Waals surface area contributed by atoms with Crippen molar-refractivity contribution in [3.63, 3.8) is 0 Å². The van der Waals surface area contributed by atoms with Crippen LogP contribution in [0.25, 0.3) is 11.0 Å². The molecule has 0 saturated carbocycles. The molecule has 0 bridgehead atoms. The molecule has 0 saturated heterocycles. The van der Waals surface area contributed by atoms with E-state index < -0.39 is 18.9 Å². The summed E-state index contributed by atoms with van der Waals surface area (Å²) in [6, 6.07) is 8.63. The lowest BCUT2D eigenvalue weighted by Gasteiger charge is -2.13. The molecule has 0 unspecified atom stereocenters. The molecule has 3 aromatic rings. The van der Waals surface area contributed by atoms with Gasteiger partial charge in [-0.25, -0.2) is 9.78 Å². The number of rotatable bonds is 9. The number of carbonyl (C=O) groups excluding carboxylic acids is 1. The molecule has 0 atom stereocenters. The van der Waals surface area contributed by atoms with E-state index in [0.717, 1.165) is 17.6 Å². The Hall–Kier alpha value is -2.99. The lowest BCUT2D eigenvalue weighted by molar-refractivity contribution is -0.153. The number of benzene rings is 1. The van der Waals surface area contributed by atoms with Crippen molar-refractivity contribution < 1.29 is 36.4 Å². The molecule has 2 heterocycles. The Bertz CT molecular complexity index is 1100. The number of para-hydroxylation sites is 2. The topological polar surface area (TPSA) is 84.7 Å². The molecule has 0 radical (unpaired) electrons. The molecule has 0 fully saturated rings. The first-order chi connectivity index (χ1) is 15.6. The second kappa shape index (κ2) is 10.8. The molecule has 0 aliphatic heterocycles. The Morgan fingerprint density at radius 3 is 2.70 bits per heavy atom. The van der Waals surface area contributed by atoms with Crippen LogP contribution in [0.1, 0.15) is 25.1 Å². The van der Waals surface area contributed by atoms with Gasteiger partial charge in [0, 0.05) is 11.8 Å². The van der Waals surface area contributed by atoms with Crippen molar-refractivity contribution in [2.45, 2.75) is 51.5 Å². The molecule has 12 heteroatoms. The molecule has 178 valence electrons. The number of alkyl halides is 3. The highest BCUT2D eigenvalue weighted by atomic mass is 32.2. The van der Waals surface area contributed by atoms with Crippen molar-refractivity contribution >= 4 is 29.2 Å². The SMILES string of the molecule is Cc1c(OCC(F)(F)F)ccnc1COSc1nc2ccccc2n1COC(=O)OC(C)C. The first-order valence-electron chi connectivity index (χ1n) is 9.86. The van der Waals surface area contributed by atoms with Crippen molar-refractivity contribution in [1.29, 1.82) is 0 Å². The predicted octanol–water partition coefficient (Wildman–Crippen LogP) is 5.42. The molecule has 3 rings (SSSR count). The summed E-state index contributed by atoms with van der Waals surface area (Å²) in [6.07, 6.45) is -4.22. The van der Waals surface area contributed by atoms with E-state index in [1.54, 1.807) is 31.4 Å². The third kappa shape index (κ3) is 6.99. The summed E-state index contributed by atoms with van der Waals surface area (Å²) in [4.78, 5) is 20.4. The molecule has 8 nitrogen and oxygen atoms in total. The molecule has 2 aromatic heterocycles. The minimum Gasteiger partial charge on any atom is -0.484 e. The predicted molar refractivity (Wildman–Crippen MR) is 114 cm³/mol. The average Bonchev–Trinajstić information content (AvgIpc) is 3.09. The fourth-order valence-electron chi connectivity index (χ4n) is 2.74. The van der Waals surface area contributed by atoms with Crippen LogP contribution in [0.5, 0.6) is 5.75 Å². The molecular formula is C21H22F3N3O5S. The summed E-state index contributed by atoms with van der Waals surface area (Å²) in [6.45, 7) is 3.47. The van der Waals surface area contributed by atoms with Gasteiger partial charge in [-0.15, -0.1) is 0 Å². The number of fused-ring (bicyclic) bond motifs is 1. The van der Waals surface area contributed by atoms with Gasteiger partial charge in [0.25, 0.3) is 0 Å². The second-order valence-electron chi connectivity index (χ2n) is 7.13. The number of aromatic nitrogens is 3. The monoisotopic (exact) mass is 485 g/mol. The summed E-state index contributed by atoms with van der Waals surface area (Å²) < 4.78 is 59.6. The fourth-order valence-corrected chi connectivity index (χ4v) is 3.40. The van der Waals surface area contributed by atoms with Gasteiger partial charge in [0.2, 0.25) is 0 Å². The fraction of sp³-hybridized carbons (Fsp3) is 0.381. The first kappa shape index (κ1) is 24.6. The first-order valence-corrected chi connectivity index (χ1v) is 10.6. The Morgan fingerprint density at radius 2 is 1.97 bits per heavy atom. The van der Waals surface area contributed by atoms with Crippen LogP contribution in [0.2, 0.25) is 0 Å². The number of nitrogens with zero attached hydrogens (tertiary/aromatic N) is 3. The van der Waals surface area contributed by atoms with Gasteiger partial charge in [0.1, 0.15) is 12.4 Å². The van der Waals surface area contributed by atoms with Gasteiger partial charge >= 0.3 is 12.3 Å².